The third-order valence-corrected chi connectivity index (χ3v) is 4.04. The summed E-state index contributed by atoms with van der Waals surface area (Å²) < 4.78 is 0. The zero-order valence-electron chi connectivity index (χ0n) is 11.8. The van der Waals surface area contributed by atoms with E-state index in [1.165, 1.54) is 0 Å². The van der Waals surface area contributed by atoms with Crippen LogP contribution in [0.15, 0.2) is 24.3 Å². The van der Waals surface area contributed by atoms with Gasteiger partial charge in [0.15, 0.2) is 0 Å². The lowest BCUT2D eigenvalue weighted by Crippen LogP contribution is -2.45. The van der Waals surface area contributed by atoms with Gasteiger partial charge in [-0.3, -0.25) is 9.59 Å². The third kappa shape index (κ3) is 2.76. The number of carboxylic acids is 1. The topological polar surface area (TPSA) is 78.4 Å². The van der Waals surface area contributed by atoms with Gasteiger partial charge in [0.25, 0.3) is 0 Å². The van der Waals surface area contributed by atoms with Gasteiger partial charge in [0.2, 0.25) is 5.91 Å². The lowest BCUT2D eigenvalue weighted by molar-refractivity contribution is -0.148. The second-order valence-corrected chi connectivity index (χ2v) is 5.50. The van der Waals surface area contributed by atoms with Crippen LogP contribution in [0.3, 0.4) is 0 Å². The van der Waals surface area contributed by atoms with Gasteiger partial charge in [0, 0.05) is 18.7 Å². The van der Waals surface area contributed by atoms with Gasteiger partial charge in [-0.05, 0) is 25.0 Å². The molecule has 0 bridgehead atoms. The molecule has 1 aromatic rings. The molecular weight excluding hydrogens is 256 g/mol. The van der Waals surface area contributed by atoms with Crippen LogP contribution in [0, 0.1) is 5.41 Å². The van der Waals surface area contributed by atoms with Gasteiger partial charge in [-0.1, -0.05) is 25.1 Å². The molecule has 5 nitrogen and oxygen atoms in total. The predicted molar refractivity (Wildman–Crippen MR) is 76.6 cm³/mol. The fourth-order valence-electron chi connectivity index (χ4n) is 2.21. The zero-order valence-corrected chi connectivity index (χ0v) is 11.8. The summed E-state index contributed by atoms with van der Waals surface area (Å²) in [5.74, 6) is -1.04. The van der Waals surface area contributed by atoms with E-state index < -0.39 is 11.4 Å². The first-order chi connectivity index (χ1) is 9.46. The summed E-state index contributed by atoms with van der Waals surface area (Å²) in [4.78, 5) is 23.3. The number of rotatable bonds is 5. The van der Waals surface area contributed by atoms with E-state index in [4.69, 9.17) is 0 Å². The molecular formula is C15H20N2O3. The summed E-state index contributed by atoms with van der Waals surface area (Å²) in [6.45, 7) is 3.60. The summed E-state index contributed by atoms with van der Waals surface area (Å²) in [6, 6.07) is 7.48. The number of hydrogen-bond acceptors (Lipinski definition) is 3. The highest BCUT2D eigenvalue weighted by atomic mass is 16.4. The highest BCUT2D eigenvalue weighted by Gasteiger charge is 2.33. The molecule has 5 heteroatoms. The standard InChI is InChI=1S/C15H20N2O3/c1-3-15(2,14(19)20)9-16-13(18)12-8-10-6-4-5-7-11(10)17-12/h4-7,12,17H,3,8-9H2,1-2H3,(H,16,18)(H,19,20). The Labute approximate surface area is 118 Å². The summed E-state index contributed by atoms with van der Waals surface area (Å²) in [5.41, 5.74) is 1.18. The molecule has 2 rings (SSSR count). The molecule has 1 aliphatic rings. The molecule has 0 saturated heterocycles. The van der Waals surface area contributed by atoms with E-state index in [0.29, 0.717) is 12.8 Å². The Balaban J connectivity index is 1.93. The van der Waals surface area contributed by atoms with Crippen LogP contribution in [-0.4, -0.2) is 29.6 Å². The molecule has 108 valence electrons. The Morgan fingerprint density at radius 2 is 2.15 bits per heavy atom. The van der Waals surface area contributed by atoms with Crippen LogP contribution in [0.25, 0.3) is 0 Å². The van der Waals surface area contributed by atoms with Crippen molar-refractivity contribution in [3.8, 4) is 0 Å². The minimum atomic E-state index is -0.916. The first-order valence-electron chi connectivity index (χ1n) is 6.82. The van der Waals surface area contributed by atoms with E-state index in [1.807, 2.05) is 31.2 Å². The Bertz CT molecular complexity index is 505. The number of anilines is 1. The number of aliphatic carboxylic acids is 1. The normalized spacial score (nSPS) is 19.6. The molecule has 0 aromatic heterocycles. The molecule has 0 radical (unpaired) electrons. The van der Waals surface area contributed by atoms with Crippen molar-refractivity contribution < 1.29 is 14.7 Å². The average Bonchev–Trinajstić information content (AvgIpc) is 2.88. The first-order valence-corrected chi connectivity index (χ1v) is 6.82. The van der Waals surface area contributed by atoms with Crippen molar-refractivity contribution in [3.05, 3.63) is 29.8 Å². The van der Waals surface area contributed by atoms with Crippen molar-refractivity contribution in [2.24, 2.45) is 5.41 Å². The van der Waals surface area contributed by atoms with E-state index in [9.17, 15) is 14.7 Å². The summed E-state index contributed by atoms with van der Waals surface area (Å²) in [7, 11) is 0. The highest BCUT2D eigenvalue weighted by Crippen LogP contribution is 2.25. The second-order valence-electron chi connectivity index (χ2n) is 5.50. The molecule has 20 heavy (non-hydrogen) atoms. The van der Waals surface area contributed by atoms with Crippen molar-refractivity contribution >= 4 is 17.6 Å². The van der Waals surface area contributed by atoms with Gasteiger partial charge in [-0.2, -0.15) is 0 Å². The molecule has 3 N–H and O–H groups in total. The van der Waals surface area contributed by atoms with Gasteiger partial charge >= 0.3 is 5.97 Å². The van der Waals surface area contributed by atoms with E-state index in [1.54, 1.807) is 6.92 Å². The van der Waals surface area contributed by atoms with Crippen LogP contribution in [0.1, 0.15) is 25.8 Å². The van der Waals surface area contributed by atoms with E-state index in [-0.39, 0.29) is 18.5 Å². The van der Waals surface area contributed by atoms with Crippen LogP contribution in [-0.2, 0) is 16.0 Å². The number of carboxylic acid groups (broad SMARTS) is 1. The molecule has 1 aromatic carbocycles. The molecule has 1 heterocycles. The molecule has 1 aliphatic heterocycles. The monoisotopic (exact) mass is 276 g/mol. The molecule has 0 spiro atoms. The maximum atomic E-state index is 12.1. The van der Waals surface area contributed by atoms with E-state index >= 15 is 0 Å². The van der Waals surface area contributed by atoms with Crippen LogP contribution < -0.4 is 10.6 Å². The Morgan fingerprint density at radius 3 is 2.75 bits per heavy atom. The van der Waals surface area contributed by atoms with Gasteiger partial charge in [-0.25, -0.2) is 0 Å². The Morgan fingerprint density at radius 1 is 1.45 bits per heavy atom. The molecule has 2 unspecified atom stereocenters. The summed E-state index contributed by atoms with van der Waals surface area (Å²) in [6.07, 6.45) is 1.11. The SMILES string of the molecule is CCC(C)(CNC(=O)C1Cc2ccccc2N1)C(=O)O. The maximum Gasteiger partial charge on any atom is 0.311 e. The smallest absolute Gasteiger partial charge is 0.311 e. The van der Waals surface area contributed by atoms with Crippen molar-refractivity contribution in [1.29, 1.82) is 0 Å². The second kappa shape index (κ2) is 5.53. The minimum Gasteiger partial charge on any atom is -0.481 e. The van der Waals surface area contributed by atoms with Crippen LogP contribution >= 0.6 is 0 Å². The molecule has 0 fully saturated rings. The number of fused-ring (bicyclic) bond motifs is 1. The molecule has 1 amide bonds. The van der Waals surface area contributed by atoms with Crippen molar-refractivity contribution in [2.75, 3.05) is 11.9 Å². The predicted octanol–water partition coefficient (Wildman–Crippen LogP) is 1.64. The van der Waals surface area contributed by atoms with Crippen molar-refractivity contribution in [1.82, 2.24) is 5.32 Å². The minimum absolute atomic E-state index is 0.145. The fourth-order valence-corrected chi connectivity index (χ4v) is 2.21. The zero-order chi connectivity index (χ0) is 14.8. The van der Waals surface area contributed by atoms with Crippen LogP contribution in [0.2, 0.25) is 0 Å². The number of carbonyl (C=O) groups is 2. The Hall–Kier alpha value is -2.04. The van der Waals surface area contributed by atoms with Gasteiger partial charge < -0.3 is 15.7 Å². The third-order valence-electron chi connectivity index (χ3n) is 4.04. The number of hydrogen-bond donors (Lipinski definition) is 3. The largest absolute Gasteiger partial charge is 0.481 e. The van der Waals surface area contributed by atoms with E-state index in [0.717, 1.165) is 11.3 Å². The highest BCUT2D eigenvalue weighted by molar-refractivity contribution is 5.88. The number of benzene rings is 1. The van der Waals surface area contributed by atoms with Gasteiger partial charge in [0.05, 0.1) is 5.41 Å². The van der Waals surface area contributed by atoms with Crippen molar-refractivity contribution in [3.63, 3.8) is 0 Å². The number of para-hydroxylation sites is 1. The average molecular weight is 276 g/mol. The first kappa shape index (κ1) is 14.4. The van der Waals surface area contributed by atoms with Crippen molar-refractivity contribution in [2.45, 2.75) is 32.7 Å². The Kier molecular flexibility index (Phi) is 3.97. The lowest BCUT2D eigenvalue weighted by atomic mass is 9.87. The maximum absolute atomic E-state index is 12.1. The summed E-state index contributed by atoms with van der Waals surface area (Å²) in [5, 5.41) is 15.1. The van der Waals surface area contributed by atoms with Crippen LogP contribution in [0.5, 0.6) is 0 Å². The molecule has 2 atom stereocenters. The van der Waals surface area contributed by atoms with E-state index in [2.05, 4.69) is 10.6 Å². The van der Waals surface area contributed by atoms with Gasteiger partial charge in [0.1, 0.15) is 6.04 Å². The lowest BCUT2D eigenvalue weighted by Gasteiger charge is -2.24. The number of nitrogens with one attached hydrogen (secondary N) is 2. The fraction of sp³-hybridized carbons (Fsp3) is 0.467. The quantitative estimate of drug-likeness (QED) is 0.764. The molecule has 0 saturated carbocycles. The number of carbonyl (C=O) groups excluding carboxylic acids is 1. The molecule has 0 aliphatic carbocycles. The number of amides is 1. The van der Waals surface area contributed by atoms with Gasteiger partial charge in [-0.15, -0.1) is 0 Å². The summed E-state index contributed by atoms with van der Waals surface area (Å²) >= 11 is 0. The van der Waals surface area contributed by atoms with Crippen LogP contribution in [0.4, 0.5) is 5.69 Å².